The molecule has 0 aliphatic heterocycles. The van der Waals surface area contributed by atoms with Gasteiger partial charge in [0.05, 0.1) is 0 Å². The zero-order valence-electron chi connectivity index (χ0n) is 11.2. The maximum atomic E-state index is 5.73. The molecule has 0 amide bonds. The van der Waals surface area contributed by atoms with Gasteiger partial charge in [0, 0.05) is 57.3 Å². The van der Waals surface area contributed by atoms with E-state index in [-0.39, 0.29) is 0 Å². The largest absolute Gasteiger partial charge is 0.184 e. The van der Waals surface area contributed by atoms with Crippen molar-refractivity contribution >= 4 is 57.3 Å². The van der Waals surface area contributed by atoms with Gasteiger partial charge in [-0.05, 0) is 17.7 Å². The fourth-order valence-corrected chi connectivity index (χ4v) is 3.06. The molecule has 2 aromatic rings. The topological polar surface area (TPSA) is 13.1 Å². The van der Waals surface area contributed by atoms with Gasteiger partial charge in [0.15, 0.2) is 0 Å². The van der Waals surface area contributed by atoms with Crippen LogP contribution in [0.5, 0.6) is 0 Å². The summed E-state index contributed by atoms with van der Waals surface area (Å²) in [6, 6.07) is 7.89. The summed E-state index contributed by atoms with van der Waals surface area (Å²) in [5, 5.41) is 0.794. The fourth-order valence-electron chi connectivity index (χ4n) is 1.45. The second kappa shape index (κ2) is 9.77. The number of nitrogens with zero attached hydrogens (tertiary/aromatic N) is 3. The van der Waals surface area contributed by atoms with E-state index in [9.17, 15) is 0 Å². The van der Waals surface area contributed by atoms with Gasteiger partial charge in [0.25, 0.3) is 0 Å². The minimum Gasteiger partial charge on any atom is -0.184 e. The first kappa shape index (κ1) is 18.9. The summed E-state index contributed by atoms with van der Waals surface area (Å²) in [4.78, 5) is 0. The van der Waals surface area contributed by atoms with E-state index in [0.717, 1.165) is 18.1 Å². The summed E-state index contributed by atoms with van der Waals surface area (Å²) in [5.41, 5.74) is 1.28. The summed E-state index contributed by atoms with van der Waals surface area (Å²) in [6.45, 7) is 4.14. The second-order valence-corrected chi connectivity index (χ2v) is 9.65. The first-order valence-electron chi connectivity index (χ1n) is 5.94. The van der Waals surface area contributed by atoms with Crippen molar-refractivity contribution in [2.24, 2.45) is 7.05 Å². The second-order valence-electron chi connectivity index (χ2n) is 4.02. The molecular weight excluding hydrogens is 683 g/mol. The Labute approximate surface area is 163 Å². The van der Waals surface area contributed by atoms with Crippen LogP contribution in [0.25, 0.3) is 0 Å². The van der Waals surface area contributed by atoms with E-state index >= 15 is 0 Å². The van der Waals surface area contributed by atoms with E-state index in [0.29, 0.717) is 0 Å². The average molecular weight is 699 g/mol. The predicted octanol–water partition coefficient (Wildman–Crippen LogP) is 4.77. The minimum atomic E-state index is 0.794. The van der Waals surface area contributed by atoms with Gasteiger partial charge < -0.3 is 0 Å². The zero-order valence-corrected chi connectivity index (χ0v) is 18.5. The SMILES string of the molecule is CCn1ccn(C)[c]1=[Pt].Clc1ccc(CN(I)I)cc1. The van der Waals surface area contributed by atoms with Crippen LogP contribution in [0, 0.1) is 3.80 Å². The average Bonchev–Trinajstić information content (AvgIpc) is 2.73. The monoisotopic (exact) mass is 698 g/mol. The van der Waals surface area contributed by atoms with Gasteiger partial charge in [0.2, 0.25) is 0 Å². The molecule has 1 aromatic heterocycles. The number of halogens is 3. The van der Waals surface area contributed by atoms with Gasteiger partial charge in [-0.2, -0.15) is 1.33 Å². The zero-order chi connectivity index (χ0) is 15.1. The van der Waals surface area contributed by atoms with Crippen LogP contribution < -0.4 is 0 Å². The Morgan fingerprint density at radius 2 is 1.80 bits per heavy atom. The first-order valence-corrected chi connectivity index (χ1v) is 9.39. The standard InChI is InChI=1S/C7H6ClI2N.C6H10N2.Pt/c8-7-3-1-6(2-4-7)5-11(9)10;1-3-8-5-4-7(2)6-8;/h1-4H,5H2;4-5H,3H2,1-2H3;. The molecule has 0 unspecified atom stereocenters. The molecule has 0 saturated carbocycles. The number of rotatable bonds is 3. The summed E-state index contributed by atoms with van der Waals surface area (Å²) in [5.74, 6) is 0. The Morgan fingerprint density at radius 3 is 2.15 bits per heavy atom. The van der Waals surface area contributed by atoms with E-state index in [1.165, 1.54) is 9.37 Å². The van der Waals surface area contributed by atoms with Crippen molar-refractivity contribution in [2.75, 3.05) is 0 Å². The Hall–Kier alpha value is 0.828. The molecule has 0 aliphatic rings. The number of imidazole rings is 1. The van der Waals surface area contributed by atoms with Gasteiger partial charge in [-0.25, -0.2) is 0 Å². The summed E-state index contributed by atoms with van der Waals surface area (Å²) < 4.78 is 7.64. The number of aromatic nitrogens is 2. The van der Waals surface area contributed by atoms with Crippen LogP contribution in [-0.4, -0.2) is 10.5 Å². The molecule has 0 aliphatic carbocycles. The summed E-state index contributed by atoms with van der Waals surface area (Å²) >= 11 is 12.5. The maximum Gasteiger partial charge on any atom is 0.0435 e. The van der Waals surface area contributed by atoms with Gasteiger partial charge in [0.1, 0.15) is 0 Å². The third kappa shape index (κ3) is 6.73. The molecule has 0 fully saturated rings. The van der Waals surface area contributed by atoms with E-state index in [2.05, 4.69) is 102 Å². The molecule has 0 radical (unpaired) electrons. The first-order chi connectivity index (χ1) is 9.43. The molecule has 0 saturated heterocycles. The molecule has 0 N–H and O–H groups in total. The Kier molecular flexibility index (Phi) is 9.22. The summed E-state index contributed by atoms with van der Waals surface area (Å²) in [6.07, 6.45) is 4.15. The number of hydrogen-bond donors (Lipinski definition) is 0. The summed E-state index contributed by atoms with van der Waals surface area (Å²) in [7, 11) is 2.05. The fraction of sp³-hybridized carbons (Fsp3) is 0.308. The molecule has 0 atom stereocenters. The van der Waals surface area contributed by atoms with Crippen LogP contribution in [0.15, 0.2) is 36.7 Å². The normalized spacial score (nSPS) is 10.4. The van der Waals surface area contributed by atoms with Crippen LogP contribution >= 0.6 is 57.3 Å². The Morgan fingerprint density at radius 1 is 1.20 bits per heavy atom. The van der Waals surface area contributed by atoms with Crippen LogP contribution in [0.4, 0.5) is 0 Å². The molecule has 114 valence electrons. The van der Waals surface area contributed by atoms with Crippen LogP contribution in [0.3, 0.4) is 0 Å². The van der Waals surface area contributed by atoms with Crippen LogP contribution in [0.2, 0.25) is 5.02 Å². The van der Waals surface area contributed by atoms with Crippen LogP contribution in [-0.2, 0) is 39.5 Å². The van der Waals surface area contributed by atoms with Crippen molar-refractivity contribution in [1.82, 2.24) is 10.5 Å². The molecule has 3 nitrogen and oxygen atoms in total. The predicted molar refractivity (Wildman–Crippen MR) is 97.4 cm³/mol. The van der Waals surface area contributed by atoms with E-state index in [4.69, 9.17) is 11.6 Å². The number of hydrogen-bond acceptors (Lipinski definition) is 1. The smallest absolute Gasteiger partial charge is 0.0435 e. The molecular formula is C13H16ClI2N3Pt. The van der Waals surface area contributed by atoms with Crippen molar-refractivity contribution in [3.63, 3.8) is 0 Å². The van der Waals surface area contributed by atoms with Gasteiger partial charge in [-0.3, -0.25) is 0 Å². The van der Waals surface area contributed by atoms with Crippen molar-refractivity contribution in [3.8, 4) is 0 Å². The van der Waals surface area contributed by atoms with E-state index in [1.54, 1.807) is 0 Å². The van der Waals surface area contributed by atoms with Gasteiger partial charge in [-0.1, -0.05) is 23.7 Å². The molecule has 20 heavy (non-hydrogen) atoms. The third-order valence-corrected chi connectivity index (χ3v) is 4.90. The van der Waals surface area contributed by atoms with Crippen molar-refractivity contribution in [1.29, 1.82) is 0 Å². The number of aryl methyl sites for hydroxylation is 2. The molecule has 0 spiro atoms. The quantitative estimate of drug-likeness (QED) is 0.333. The molecule has 1 heterocycles. The van der Waals surface area contributed by atoms with Crippen molar-refractivity contribution in [2.45, 2.75) is 20.0 Å². The Balaban J connectivity index is 0.000000204. The van der Waals surface area contributed by atoms with Crippen molar-refractivity contribution in [3.05, 3.63) is 51.0 Å². The third-order valence-electron chi connectivity index (χ3n) is 2.51. The molecule has 1 aromatic carbocycles. The molecule has 7 heteroatoms. The van der Waals surface area contributed by atoms with E-state index < -0.39 is 0 Å². The van der Waals surface area contributed by atoms with Gasteiger partial charge in [-0.15, -0.1) is 0 Å². The molecule has 2 rings (SSSR count). The molecule has 0 bridgehead atoms. The minimum absolute atomic E-state index is 0.794. The van der Waals surface area contributed by atoms with E-state index in [1.807, 2.05) is 24.3 Å². The van der Waals surface area contributed by atoms with Gasteiger partial charge >= 0.3 is 65.2 Å². The van der Waals surface area contributed by atoms with Crippen LogP contribution in [0.1, 0.15) is 12.5 Å². The van der Waals surface area contributed by atoms with Crippen molar-refractivity contribution < 1.29 is 19.4 Å². The maximum absolute atomic E-state index is 5.73. The number of benzene rings is 1. The Bertz CT molecular complexity index is 578.